The molecule has 0 radical (unpaired) electrons. The number of aliphatic imine (C=N–C) groups is 1. The Morgan fingerprint density at radius 2 is 2.00 bits per heavy atom. The summed E-state index contributed by atoms with van der Waals surface area (Å²) in [5.74, 6) is -0.599. The van der Waals surface area contributed by atoms with E-state index in [1.165, 1.54) is 0 Å². The smallest absolute Gasteiger partial charge is 0.402 e. The molecule has 1 unspecified atom stereocenters. The fraction of sp³-hybridized carbons (Fsp3) is 0.250. The molecule has 2 aliphatic heterocycles. The third-order valence-electron chi connectivity index (χ3n) is 6.30. The lowest BCUT2D eigenvalue weighted by Gasteiger charge is -2.30. The van der Waals surface area contributed by atoms with Gasteiger partial charge in [-0.3, -0.25) is 4.79 Å². The topological polar surface area (TPSA) is 118 Å². The van der Waals surface area contributed by atoms with Crippen LogP contribution in [0.5, 0.6) is 0 Å². The molecule has 2 aliphatic rings. The van der Waals surface area contributed by atoms with Crippen LogP contribution in [0.3, 0.4) is 0 Å². The van der Waals surface area contributed by atoms with Gasteiger partial charge < -0.3 is 24.7 Å². The molecule has 1 fully saturated rings. The van der Waals surface area contributed by atoms with Gasteiger partial charge in [0.05, 0.1) is 35.9 Å². The summed E-state index contributed by atoms with van der Waals surface area (Å²) in [6.07, 6.45) is 2.04. The van der Waals surface area contributed by atoms with Crippen molar-refractivity contribution in [3.63, 3.8) is 0 Å². The summed E-state index contributed by atoms with van der Waals surface area (Å²) < 4.78 is 51.5. The van der Waals surface area contributed by atoms with Crippen LogP contribution in [0, 0.1) is 0 Å². The van der Waals surface area contributed by atoms with Gasteiger partial charge in [-0.1, -0.05) is 54.2 Å². The Bertz CT molecular complexity index is 1540. The largest absolute Gasteiger partial charge is 0.417 e. The number of halogens is 3. The van der Waals surface area contributed by atoms with E-state index in [1.807, 2.05) is 31.2 Å². The van der Waals surface area contributed by atoms with Crippen molar-refractivity contribution < 1.29 is 27.1 Å². The summed E-state index contributed by atoms with van der Waals surface area (Å²) in [5.41, 5.74) is 1.86. The molecular weight excluding hydrogens is 539 g/mol. The second-order valence-corrected chi connectivity index (χ2v) is 9.02. The zero-order valence-corrected chi connectivity index (χ0v) is 22.0. The van der Waals surface area contributed by atoms with Crippen LogP contribution in [-0.4, -0.2) is 59.3 Å². The van der Waals surface area contributed by atoms with E-state index in [-0.39, 0.29) is 23.3 Å². The highest BCUT2D eigenvalue weighted by atomic mass is 19.4. The molecule has 3 aromatic rings. The first-order valence-corrected chi connectivity index (χ1v) is 12.7. The zero-order valence-electron chi connectivity index (χ0n) is 22.0. The maximum Gasteiger partial charge on any atom is 0.417 e. The molecule has 1 atom stereocenters. The highest BCUT2D eigenvalue weighted by Gasteiger charge is 2.34. The molecule has 2 aromatic heterocycles. The molecule has 4 heterocycles. The minimum absolute atomic E-state index is 0.0756. The zero-order chi connectivity index (χ0) is 29.0. The summed E-state index contributed by atoms with van der Waals surface area (Å²) in [4.78, 5) is 23.6. The Kier molecular flexibility index (Phi) is 7.97. The average Bonchev–Trinajstić information content (AvgIpc) is 3.38. The summed E-state index contributed by atoms with van der Waals surface area (Å²) in [6.45, 7) is 7.06. The number of allylic oxidation sites excluding steroid dienone is 5. The molecule has 1 saturated heterocycles. The third-order valence-corrected chi connectivity index (χ3v) is 6.30. The van der Waals surface area contributed by atoms with Crippen LogP contribution < -0.4 is 15.5 Å². The van der Waals surface area contributed by atoms with Crippen LogP contribution in [0.1, 0.15) is 18.1 Å². The normalized spacial score (nSPS) is 18.0. The fourth-order valence-electron chi connectivity index (χ4n) is 4.42. The third kappa shape index (κ3) is 6.04. The van der Waals surface area contributed by atoms with Crippen molar-refractivity contribution in [2.45, 2.75) is 19.3 Å². The van der Waals surface area contributed by atoms with Gasteiger partial charge in [-0.15, -0.1) is 5.10 Å². The van der Waals surface area contributed by atoms with Gasteiger partial charge in [-0.05, 0) is 19.1 Å². The number of benzene rings is 1. The van der Waals surface area contributed by atoms with Gasteiger partial charge in [-0.25, -0.2) is 9.98 Å². The van der Waals surface area contributed by atoms with Gasteiger partial charge in [0.1, 0.15) is 0 Å². The number of hydrogen-bond acceptors (Lipinski definition) is 9. The van der Waals surface area contributed by atoms with Gasteiger partial charge in [0.2, 0.25) is 6.17 Å². The molecule has 41 heavy (non-hydrogen) atoms. The summed E-state index contributed by atoms with van der Waals surface area (Å²) in [6, 6.07) is 8.08. The second kappa shape index (κ2) is 11.8. The second-order valence-electron chi connectivity index (χ2n) is 9.02. The van der Waals surface area contributed by atoms with Crippen molar-refractivity contribution in [2.75, 3.05) is 41.8 Å². The lowest BCUT2D eigenvalue weighted by molar-refractivity contribution is -0.137. The van der Waals surface area contributed by atoms with Gasteiger partial charge >= 0.3 is 12.2 Å². The van der Waals surface area contributed by atoms with E-state index in [0.29, 0.717) is 48.8 Å². The minimum Gasteiger partial charge on any atom is -0.402 e. The number of hydrogen-bond donors (Lipinski definition) is 2. The van der Waals surface area contributed by atoms with Crippen LogP contribution in [-0.2, 0) is 15.7 Å². The molecule has 1 amide bonds. The highest BCUT2D eigenvalue weighted by molar-refractivity contribution is 6.21. The molecular formula is C28H26F3N7O3. The molecule has 5 rings (SSSR count). The number of para-hydroxylation sites is 1. The number of carbonyl (C=O) groups excluding carboxylic acids is 1. The van der Waals surface area contributed by atoms with Crippen molar-refractivity contribution in [2.24, 2.45) is 4.99 Å². The van der Waals surface area contributed by atoms with Crippen molar-refractivity contribution in [1.82, 2.24) is 15.2 Å². The summed E-state index contributed by atoms with van der Waals surface area (Å²) in [7, 11) is 0. The van der Waals surface area contributed by atoms with Crippen molar-refractivity contribution in [3.05, 3.63) is 84.1 Å². The average molecular weight is 566 g/mol. The SMILES string of the molecule is C=C/C=C(\C=C/C)C1=NC(Nc2nnc(-c3ncc(C(F)(F)F)cc3N3CCOCC3)o2)C(=O)Nc2ccccc21. The lowest BCUT2D eigenvalue weighted by Crippen LogP contribution is -2.36. The number of alkyl halides is 3. The Morgan fingerprint density at radius 3 is 2.73 bits per heavy atom. The first kappa shape index (κ1) is 27.8. The molecule has 2 N–H and O–H groups in total. The fourth-order valence-corrected chi connectivity index (χ4v) is 4.42. The predicted octanol–water partition coefficient (Wildman–Crippen LogP) is 4.85. The number of ether oxygens (including phenoxy) is 1. The standard InChI is InChI=1S/C28H26F3N7O3/c1-3-7-17(8-4-2)22-19-9-5-6-10-20(19)33-25(39)24(34-22)35-27-37-36-26(41-27)23-21(38-11-13-40-14-12-38)15-18(16-32-23)28(29,30)31/h3-10,15-16,24H,1,11-14H2,2H3,(H,33,39)(H,35,37)/b8-4-,17-7+. The number of morpholine rings is 1. The van der Waals surface area contributed by atoms with E-state index in [2.05, 4.69) is 37.4 Å². The highest BCUT2D eigenvalue weighted by Crippen LogP contribution is 2.36. The Morgan fingerprint density at radius 1 is 1.22 bits per heavy atom. The summed E-state index contributed by atoms with van der Waals surface area (Å²) >= 11 is 0. The molecule has 0 spiro atoms. The number of pyridine rings is 1. The number of aromatic nitrogens is 3. The molecule has 212 valence electrons. The molecule has 0 bridgehead atoms. The van der Waals surface area contributed by atoms with Gasteiger partial charge in [0, 0.05) is 30.4 Å². The molecule has 0 saturated carbocycles. The number of fused-ring (bicyclic) bond motifs is 1. The van der Waals surface area contributed by atoms with E-state index in [9.17, 15) is 18.0 Å². The number of nitrogens with zero attached hydrogens (tertiary/aromatic N) is 5. The Balaban J connectivity index is 1.50. The first-order valence-electron chi connectivity index (χ1n) is 12.7. The van der Waals surface area contributed by atoms with E-state index >= 15 is 0 Å². The van der Waals surface area contributed by atoms with E-state index in [0.717, 1.165) is 12.3 Å². The number of amides is 1. The van der Waals surface area contributed by atoms with Crippen molar-refractivity contribution in [3.8, 4) is 11.6 Å². The monoisotopic (exact) mass is 565 g/mol. The maximum atomic E-state index is 13.5. The maximum absolute atomic E-state index is 13.5. The van der Waals surface area contributed by atoms with E-state index < -0.39 is 23.8 Å². The number of carbonyl (C=O) groups is 1. The van der Waals surface area contributed by atoms with Crippen LogP contribution in [0.2, 0.25) is 0 Å². The molecule has 10 nitrogen and oxygen atoms in total. The molecule has 1 aromatic carbocycles. The van der Waals surface area contributed by atoms with Gasteiger partial charge in [-0.2, -0.15) is 13.2 Å². The van der Waals surface area contributed by atoms with Crippen LogP contribution >= 0.6 is 0 Å². The number of anilines is 3. The van der Waals surface area contributed by atoms with Crippen LogP contribution in [0.4, 0.5) is 30.6 Å². The minimum atomic E-state index is -4.58. The molecule has 0 aliphatic carbocycles. The number of benzodiazepines with no additional fused rings is 1. The lowest BCUT2D eigenvalue weighted by atomic mass is 10.00. The quantitative estimate of drug-likeness (QED) is 0.391. The van der Waals surface area contributed by atoms with E-state index in [1.54, 1.807) is 29.2 Å². The first-order chi connectivity index (χ1) is 19.8. The number of rotatable bonds is 7. The van der Waals surface area contributed by atoms with Gasteiger partial charge in [0.25, 0.3) is 11.8 Å². The number of nitrogens with one attached hydrogen (secondary N) is 2. The predicted molar refractivity (Wildman–Crippen MR) is 148 cm³/mol. The van der Waals surface area contributed by atoms with E-state index in [4.69, 9.17) is 9.15 Å². The van der Waals surface area contributed by atoms with Crippen molar-refractivity contribution >= 4 is 29.0 Å². The van der Waals surface area contributed by atoms with Crippen LogP contribution in [0.25, 0.3) is 11.6 Å². The van der Waals surface area contributed by atoms with Crippen LogP contribution in [0.15, 0.2) is 82.4 Å². The Hall–Kier alpha value is -4.78. The van der Waals surface area contributed by atoms with Crippen molar-refractivity contribution in [1.29, 1.82) is 0 Å². The van der Waals surface area contributed by atoms with Gasteiger partial charge in [0.15, 0.2) is 5.69 Å². The molecule has 13 heteroatoms. The Labute approximate surface area is 233 Å². The summed E-state index contributed by atoms with van der Waals surface area (Å²) in [5, 5.41) is 13.7.